The molecule has 0 radical (unpaired) electrons. The molecule has 3 rings (SSSR count). The average molecular weight is 424 g/mol. The van der Waals surface area contributed by atoms with Crippen LogP contribution in [0.4, 0.5) is 10.1 Å². The molecule has 0 bridgehead atoms. The lowest BCUT2D eigenvalue weighted by Crippen LogP contribution is -2.20. The first-order valence-electron chi connectivity index (χ1n) is 8.30. The lowest BCUT2D eigenvalue weighted by Gasteiger charge is -2.14. The summed E-state index contributed by atoms with van der Waals surface area (Å²) in [6.45, 7) is 4.14. The van der Waals surface area contributed by atoms with Crippen molar-refractivity contribution in [3.8, 4) is 17.2 Å². The van der Waals surface area contributed by atoms with Gasteiger partial charge in [0.15, 0.2) is 6.61 Å². The molecule has 0 aliphatic carbocycles. The Kier molecular flexibility index (Phi) is 5.66. The van der Waals surface area contributed by atoms with Gasteiger partial charge in [-0.05, 0) is 54.0 Å². The second kappa shape index (κ2) is 7.95. The summed E-state index contributed by atoms with van der Waals surface area (Å²) in [5.74, 6) is 0.993. The molecule has 26 heavy (non-hydrogen) atoms. The summed E-state index contributed by atoms with van der Waals surface area (Å²) >= 11 is 3.20. The lowest BCUT2D eigenvalue weighted by atomic mass is 10.1. The van der Waals surface area contributed by atoms with Crippen LogP contribution in [0, 0.1) is 5.82 Å². The Morgan fingerprint density at radius 1 is 1.31 bits per heavy atom. The van der Waals surface area contributed by atoms with E-state index >= 15 is 0 Å². The highest BCUT2D eigenvalue weighted by molar-refractivity contribution is 9.10. The summed E-state index contributed by atoms with van der Waals surface area (Å²) < 4.78 is 30.4. The molecule has 1 aliphatic rings. The number of hydrogen-bond donors (Lipinski definition) is 1. The Morgan fingerprint density at radius 2 is 2.12 bits per heavy atom. The van der Waals surface area contributed by atoms with Crippen molar-refractivity contribution >= 4 is 27.5 Å². The number of hydrogen-bond acceptors (Lipinski definition) is 4. The summed E-state index contributed by atoms with van der Waals surface area (Å²) in [5.41, 5.74) is 1.59. The predicted octanol–water partition coefficient (Wildman–Crippen LogP) is 4.33. The Morgan fingerprint density at radius 3 is 2.85 bits per heavy atom. The van der Waals surface area contributed by atoms with Gasteiger partial charge in [0.2, 0.25) is 0 Å². The number of halogens is 2. The molecule has 2 aromatic carbocycles. The first-order valence-corrected chi connectivity index (χ1v) is 9.09. The minimum atomic E-state index is -0.387. The highest BCUT2D eigenvalue weighted by atomic mass is 79.9. The molecule has 0 fully saturated rings. The summed E-state index contributed by atoms with van der Waals surface area (Å²) in [6.07, 6.45) is 0.912. The van der Waals surface area contributed by atoms with Crippen LogP contribution < -0.4 is 19.5 Å². The number of amides is 1. The fourth-order valence-electron chi connectivity index (χ4n) is 2.73. The molecular formula is C19H19BrFNO4. The number of benzene rings is 2. The summed E-state index contributed by atoms with van der Waals surface area (Å²) in [5, 5.41) is 2.78. The van der Waals surface area contributed by atoms with Crippen molar-refractivity contribution in [1.82, 2.24) is 0 Å². The topological polar surface area (TPSA) is 56.8 Å². The van der Waals surface area contributed by atoms with Gasteiger partial charge in [0.05, 0.1) is 16.8 Å². The van der Waals surface area contributed by atoms with Gasteiger partial charge in [0, 0.05) is 18.1 Å². The van der Waals surface area contributed by atoms with Gasteiger partial charge in [-0.2, -0.15) is 0 Å². The van der Waals surface area contributed by atoms with Gasteiger partial charge < -0.3 is 19.5 Å². The van der Waals surface area contributed by atoms with E-state index in [1.165, 1.54) is 18.2 Å². The van der Waals surface area contributed by atoms with E-state index in [-0.39, 0.29) is 24.4 Å². The smallest absolute Gasteiger partial charge is 0.262 e. The van der Waals surface area contributed by atoms with E-state index in [2.05, 4.69) is 21.2 Å². The summed E-state index contributed by atoms with van der Waals surface area (Å²) in [6, 6.07) is 7.68. The molecule has 5 nitrogen and oxygen atoms in total. The molecule has 1 amide bonds. The number of ether oxygens (including phenoxy) is 3. The second-order valence-electron chi connectivity index (χ2n) is 5.93. The van der Waals surface area contributed by atoms with Gasteiger partial charge in [-0.15, -0.1) is 0 Å². The fourth-order valence-corrected chi connectivity index (χ4v) is 3.20. The van der Waals surface area contributed by atoms with Crippen LogP contribution in [0.25, 0.3) is 0 Å². The number of carbonyl (C=O) groups is 1. The fraction of sp³-hybridized carbons (Fsp3) is 0.316. The van der Waals surface area contributed by atoms with Crippen LogP contribution in [0.5, 0.6) is 17.2 Å². The molecule has 1 heterocycles. The molecule has 138 valence electrons. The summed E-state index contributed by atoms with van der Waals surface area (Å²) in [4.78, 5) is 12.3. The zero-order valence-electron chi connectivity index (χ0n) is 14.5. The molecule has 7 heteroatoms. The van der Waals surface area contributed by atoms with Crippen molar-refractivity contribution < 1.29 is 23.4 Å². The molecule has 2 aromatic rings. The first-order chi connectivity index (χ1) is 12.5. The number of rotatable bonds is 6. The van der Waals surface area contributed by atoms with Crippen molar-refractivity contribution in [1.29, 1.82) is 0 Å². The van der Waals surface area contributed by atoms with E-state index in [9.17, 15) is 9.18 Å². The summed E-state index contributed by atoms with van der Waals surface area (Å²) in [7, 11) is 0. The van der Waals surface area contributed by atoms with Crippen molar-refractivity contribution in [2.24, 2.45) is 0 Å². The first kappa shape index (κ1) is 18.5. The van der Waals surface area contributed by atoms with E-state index < -0.39 is 0 Å². The molecule has 0 spiro atoms. The highest BCUT2D eigenvalue weighted by Gasteiger charge is 2.22. The van der Waals surface area contributed by atoms with Crippen LogP contribution >= 0.6 is 15.9 Å². The predicted molar refractivity (Wildman–Crippen MR) is 99.6 cm³/mol. The number of anilines is 1. The monoisotopic (exact) mass is 423 g/mol. The van der Waals surface area contributed by atoms with Crippen molar-refractivity contribution in [3.05, 3.63) is 46.2 Å². The Hall–Kier alpha value is -2.28. The molecule has 1 atom stereocenters. The standard InChI is InChI=1S/C19H19BrFNO4/c1-3-24-18-7-12-6-11(2)26-17(12)9-15(18)22-19(23)10-25-16-5-4-13(21)8-14(16)20/h4-5,7-9,11H,3,6,10H2,1-2H3,(H,22,23). The SMILES string of the molecule is CCOc1cc2c(cc1NC(=O)COc1ccc(F)cc1Br)OC(C)C2. The maximum atomic E-state index is 13.1. The average Bonchev–Trinajstić information content (AvgIpc) is 2.93. The zero-order valence-corrected chi connectivity index (χ0v) is 16.1. The quantitative estimate of drug-likeness (QED) is 0.750. The number of carbonyl (C=O) groups excluding carboxylic acids is 1. The van der Waals surface area contributed by atoms with E-state index in [0.717, 1.165) is 17.7 Å². The third kappa shape index (κ3) is 4.27. The van der Waals surface area contributed by atoms with Crippen molar-refractivity contribution in [3.63, 3.8) is 0 Å². The Labute approximate surface area is 159 Å². The van der Waals surface area contributed by atoms with Gasteiger partial charge >= 0.3 is 0 Å². The largest absolute Gasteiger partial charge is 0.492 e. The van der Waals surface area contributed by atoms with Crippen LogP contribution in [-0.4, -0.2) is 25.2 Å². The highest BCUT2D eigenvalue weighted by Crippen LogP contribution is 2.38. The van der Waals surface area contributed by atoms with Gasteiger partial charge in [-0.1, -0.05) is 0 Å². The van der Waals surface area contributed by atoms with Crippen LogP contribution in [0.1, 0.15) is 19.4 Å². The molecule has 1 aliphatic heterocycles. The molecular weight excluding hydrogens is 405 g/mol. The van der Waals surface area contributed by atoms with Gasteiger partial charge in [-0.3, -0.25) is 4.79 Å². The molecule has 0 saturated carbocycles. The van der Waals surface area contributed by atoms with Crippen LogP contribution in [-0.2, 0) is 11.2 Å². The Bertz CT molecular complexity index is 827. The van der Waals surface area contributed by atoms with E-state index in [4.69, 9.17) is 14.2 Å². The molecule has 0 aromatic heterocycles. The van der Waals surface area contributed by atoms with E-state index in [1.807, 2.05) is 19.9 Å². The second-order valence-corrected chi connectivity index (χ2v) is 6.79. The molecule has 0 saturated heterocycles. The zero-order chi connectivity index (χ0) is 18.7. The third-order valence-corrected chi connectivity index (χ3v) is 4.44. The molecule has 1 unspecified atom stereocenters. The van der Waals surface area contributed by atoms with Crippen LogP contribution in [0.2, 0.25) is 0 Å². The maximum Gasteiger partial charge on any atom is 0.262 e. The Balaban J connectivity index is 1.69. The molecule has 1 N–H and O–H groups in total. The number of nitrogens with one attached hydrogen (secondary N) is 1. The van der Waals surface area contributed by atoms with Gasteiger partial charge in [-0.25, -0.2) is 4.39 Å². The maximum absolute atomic E-state index is 13.1. The van der Waals surface area contributed by atoms with Crippen LogP contribution in [0.3, 0.4) is 0 Å². The third-order valence-electron chi connectivity index (χ3n) is 3.82. The van der Waals surface area contributed by atoms with Crippen molar-refractivity contribution in [2.45, 2.75) is 26.4 Å². The van der Waals surface area contributed by atoms with E-state index in [0.29, 0.717) is 28.3 Å². The lowest BCUT2D eigenvalue weighted by molar-refractivity contribution is -0.118. The van der Waals surface area contributed by atoms with Crippen LogP contribution in [0.15, 0.2) is 34.8 Å². The van der Waals surface area contributed by atoms with Gasteiger partial charge in [0.25, 0.3) is 5.91 Å². The minimum Gasteiger partial charge on any atom is -0.492 e. The number of fused-ring (bicyclic) bond motifs is 1. The van der Waals surface area contributed by atoms with E-state index in [1.54, 1.807) is 6.07 Å². The minimum absolute atomic E-state index is 0.101. The van der Waals surface area contributed by atoms with Gasteiger partial charge in [0.1, 0.15) is 29.2 Å². The normalized spacial score (nSPS) is 15.2. The van der Waals surface area contributed by atoms with Crippen molar-refractivity contribution in [2.75, 3.05) is 18.5 Å².